The lowest BCUT2D eigenvalue weighted by atomic mass is 8.68. The molecule has 19 aliphatic carbocycles. The van der Waals surface area contributed by atoms with Gasteiger partial charge in [-0.3, -0.25) is 0 Å². The van der Waals surface area contributed by atoms with E-state index in [1.165, 1.54) is 118 Å². The van der Waals surface area contributed by atoms with Crippen molar-refractivity contribution in [2.45, 2.75) is 25.7 Å². The SMILES string of the molecule is C1CC2C3C1C1C4C5C6C7C8C9C%10CC%11CC%12C%13C%14C%15C%16C%17C%18C2C31C4%18C5%17C6%16C7%15C8%14C9%13C%11%10%12. The van der Waals surface area contributed by atoms with Crippen molar-refractivity contribution >= 4 is 0 Å². The van der Waals surface area contributed by atoms with Gasteiger partial charge in [0.15, 0.2) is 0 Å². The third kappa shape index (κ3) is 0.385. The second-order valence-electron chi connectivity index (χ2n) is 19.3. The van der Waals surface area contributed by atoms with Crippen molar-refractivity contribution in [3.05, 3.63) is 0 Å². The van der Waals surface area contributed by atoms with Gasteiger partial charge in [-0.2, -0.15) is 0 Å². The zero-order chi connectivity index (χ0) is 18.4. The Kier molecular flexibility index (Phi) is 0.855. The van der Waals surface area contributed by atoms with Gasteiger partial charge in [-0.15, -0.1) is 0 Å². The van der Waals surface area contributed by atoms with E-state index in [1.807, 2.05) is 0 Å². The Labute approximate surface area is 187 Å². The summed E-state index contributed by atoms with van der Waals surface area (Å²) in [6, 6.07) is 0. The number of rotatable bonds is 0. The molecule has 0 bridgehead atoms. The molecule has 0 aromatic heterocycles. The highest BCUT2D eigenvalue weighted by Crippen LogP contribution is 3.36. The van der Waals surface area contributed by atoms with Gasteiger partial charge in [-0.1, -0.05) is 0 Å². The predicted molar refractivity (Wildman–Crippen MR) is 108 cm³/mol. The van der Waals surface area contributed by atoms with Crippen molar-refractivity contribution < 1.29 is 0 Å². The molecule has 0 heteroatoms. The molecule has 8 spiro atoms. The summed E-state index contributed by atoms with van der Waals surface area (Å²) in [5, 5.41) is 0. The van der Waals surface area contributed by atoms with Crippen molar-refractivity contribution in [1.82, 2.24) is 0 Å². The van der Waals surface area contributed by atoms with E-state index in [2.05, 4.69) is 0 Å². The van der Waals surface area contributed by atoms with Crippen molar-refractivity contribution in [2.75, 3.05) is 0 Å². The first-order valence-electron chi connectivity index (χ1n) is 15.9. The standard InChI is InChI=1S/C32H28/c1-2-7-10-6(1)11-15-19-23-21-17-13-8-3-5-4-9-14-18-22-24-20-16-12(7)26(10,11)28(15,16)30(19,20)32(23,24)31(21,22)29(17,18)27(13,14)25(5,8)9/h5-24H,1-4H2. The van der Waals surface area contributed by atoms with E-state index in [0.29, 0.717) is 0 Å². The van der Waals surface area contributed by atoms with Gasteiger partial charge in [-0.05, 0) is 187 Å². The topological polar surface area (TPSA) is 0 Å². The molecule has 0 aromatic rings. The molecule has 19 saturated carbocycles. The van der Waals surface area contributed by atoms with Gasteiger partial charge in [-0.25, -0.2) is 0 Å². The molecule has 0 nitrogen and oxygen atoms in total. The Morgan fingerprint density at radius 3 is 1.25 bits per heavy atom. The van der Waals surface area contributed by atoms with Gasteiger partial charge < -0.3 is 0 Å². The summed E-state index contributed by atoms with van der Waals surface area (Å²) in [6.45, 7) is 0. The fourth-order valence-corrected chi connectivity index (χ4v) is 27.9. The highest BCUT2D eigenvalue weighted by atomic mass is 15.4. The molecule has 156 valence electrons. The summed E-state index contributed by atoms with van der Waals surface area (Å²) >= 11 is 0. The van der Waals surface area contributed by atoms with Crippen LogP contribution in [-0.4, -0.2) is 0 Å². The molecule has 0 radical (unpaired) electrons. The Hall–Kier alpha value is 0. The lowest BCUT2D eigenvalue weighted by Crippen LogP contribution is -3.33. The maximum Gasteiger partial charge on any atom is -0.00932 e. The molecule has 0 N–H and O–H groups in total. The third-order valence-electron chi connectivity index (χ3n) is 24.0. The lowest BCUT2D eigenvalue weighted by Gasteiger charge is -3.35. The van der Waals surface area contributed by atoms with E-state index in [1.54, 1.807) is 25.7 Å². The van der Waals surface area contributed by atoms with Crippen LogP contribution in [0.3, 0.4) is 0 Å². The van der Waals surface area contributed by atoms with Gasteiger partial charge in [0.1, 0.15) is 0 Å². The summed E-state index contributed by atoms with van der Waals surface area (Å²) in [7, 11) is 0. The smallest absolute Gasteiger partial charge is 0.00932 e. The van der Waals surface area contributed by atoms with E-state index < -0.39 is 0 Å². The highest BCUT2D eigenvalue weighted by molar-refractivity contribution is 5.79. The fourth-order valence-electron chi connectivity index (χ4n) is 27.9. The van der Waals surface area contributed by atoms with Crippen LogP contribution in [0, 0.1) is 162 Å². The van der Waals surface area contributed by atoms with Crippen molar-refractivity contribution in [2.24, 2.45) is 162 Å². The second kappa shape index (κ2) is 2.22. The lowest BCUT2D eigenvalue weighted by molar-refractivity contribution is -0.899. The first kappa shape index (κ1) is 12.3. The van der Waals surface area contributed by atoms with Gasteiger partial charge >= 0.3 is 0 Å². The molecule has 19 rings (SSSR count). The zero-order valence-electron chi connectivity index (χ0n) is 18.4. The van der Waals surface area contributed by atoms with E-state index >= 15 is 0 Å². The minimum absolute atomic E-state index is 1.08. The van der Waals surface area contributed by atoms with Gasteiger partial charge in [0.05, 0.1) is 0 Å². The molecule has 0 aromatic carbocycles. The molecule has 19 aliphatic rings. The number of hydrogen-bond acceptors (Lipinski definition) is 0. The van der Waals surface area contributed by atoms with Gasteiger partial charge in [0.2, 0.25) is 0 Å². The summed E-state index contributed by atoms with van der Waals surface area (Å²) in [4.78, 5) is 0. The van der Waals surface area contributed by atoms with Crippen molar-refractivity contribution in [3.8, 4) is 0 Å². The van der Waals surface area contributed by atoms with Crippen LogP contribution in [-0.2, 0) is 0 Å². The number of hydrogen-bond donors (Lipinski definition) is 0. The highest BCUT2D eigenvalue weighted by Gasteiger charge is 3.34. The van der Waals surface area contributed by atoms with E-state index in [4.69, 9.17) is 0 Å². The van der Waals surface area contributed by atoms with Gasteiger partial charge in [0.25, 0.3) is 0 Å². The van der Waals surface area contributed by atoms with Crippen LogP contribution in [0.15, 0.2) is 0 Å². The average molecular weight is 413 g/mol. The minimum Gasteiger partial charge on any atom is -0.0496 e. The molecule has 0 aliphatic heterocycles. The first-order valence-corrected chi connectivity index (χ1v) is 15.9. The largest absolute Gasteiger partial charge is 0.0496 e. The van der Waals surface area contributed by atoms with Crippen LogP contribution < -0.4 is 0 Å². The van der Waals surface area contributed by atoms with E-state index in [9.17, 15) is 0 Å². The molecule has 0 amide bonds. The summed E-state index contributed by atoms with van der Waals surface area (Å²) in [6.07, 6.45) is 6.91. The molecular weight excluding hydrogens is 384 g/mol. The van der Waals surface area contributed by atoms with Crippen LogP contribution in [0.5, 0.6) is 0 Å². The Morgan fingerprint density at radius 1 is 0.344 bits per heavy atom. The van der Waals surface area contributed by atoms with Gasteiger partial charge in [0, 0.05) is 0 Å². The fraction of sp³-hybridized carbons (Fsp3) is 1.00. The second-order valence-corrected chi connectivity index (χ2v) is 19.3. The third-order valence-corrected chi connectivity index (χ3v) is 24.0. The van der Waals surface area contributed by atoms with Crippen molar-refractivity contribution in [1.29, 1.82) is 0 Å². The van der Waals surface area contributed by atoms with Crippen molar-refractivity contribution in [3.63, 3.8) is 0 Å². The molecule has 32 heavy (non-hydrogen) atoms. The zero-order valence-corrected chi connectivity index (χ0v) is 18.4. The molecular formula is C32H28. The molecule has 18 atom stereocenters. The predicted octanol–water partition coefficient (Wildman–Crippen LogP) is 4.02. The molecule has 0 heterocycles. The van der Waals surface area contributed by atoms with Crippen LogP contribution in [0.25, 0.3) is 0 Å². The summed E-state index contributed by atoms with van der Waals surface area (Å²) < 4.78 is 0. The number of fused-ring (bicyclic) bond motifs is 16. The first-order chi connectivity index (χ1) is 15.9. The maximum atomic E-state index is 1.74. The summed E-state index contributed by atoms with van der Waals surface area (Å²) in [5.41, 5.74) is 8.76. The normalized spacial score (nSPS) is 118. The van der Waals surface area contributed by atoms with Crippen LogP contribution in [0.4, 0.5) is 0 Å². The average Bonchev–Trinajstić information content (AvgIpc) is 2.94. The van der Waals surface area contributed by atoms with E-state index in [-0.39, 0.29) is 0 Å². The van der Waals surface area contributed by atoms with E-state index in [0.717, 1.165) is 43.3 Å². The Morgan fingerprint density at radius 2 is 0.750 bits per heavy atom. The monoisotopic (exact) mass is 412 g/mol. The summed E-state index contributed by atoms with van der Waals surface area (Å²) in [5.74, 6) is 27.0. The maximum absolute atomic E-state index is 1.74. The van der Waals surface area contributed by atoms with Crippen LogP contribution >= 0.6 is 0 Å². The molecule has 18 unspecified atom stereocenters. The van der Waals surface area contributed by atoms with Crippen LogP contribution in [0.1, 0.15) is 25.7 Å². The quantitative estimate of drug-likeness (QED) is 0.564. The Bertz CT molecular complexity index is 1430. The molecule has 19 fully saturated rings. The minimum atomic E-state index is 1.08. The Balaban J connectivity index is 0.931. The molecule has 0 saturated heterocycles. The van der Waals surface area contributed by atoms with Crippen LogP contribution in [0.2, 0.25) is 0 Å².